The monoisotopic (exact) mass is 262 g/mol. The second kappa shape index (κ2) is 6.10. The number of aryl methyl sites for hydroxylation is 1. The number of H-pyrrole nitrogens is 1. The topological polar surface area (TPSA) is 96.1 Å². The zero-order valence-electron chi connectivity index (χ0n) is 10.2. The van der Waals surface area contributed by atoms with Crippen LogP contribution < -0.4 is 10.0 Å². The van der Waals surface area contributed by atoms with E-state index in [1.54, 1.807) is 14.0 Å². The van der Waals surface area contributed by atoms with Crippen LogP contribution in [0.1, 0.15) is 11.3 Å². The first-order chi connectivity index (χ1) is 8.03. The normalized spacial score (nSPS) is 11.9. The van der Waals surface area contributed by atoms with E-state index in [0.29, 0.717) is 18.7 Å². The minimum atomic E-state index is -3.58. The van der Waals surface area contributed by atoms with Gasteiger partial charge in [0.1, 0.15) is 0 Å². The molecule has 0 radical (unpaired) electrons. The first kappa shape index (κ1) is 14.1. The second-order valence-electron chi connectivity index (χ2n) is 3.55. The van der Waals surface area contributed by atoms with Crippen LogP contribution in [-0.4, -0.2) is 45.9 Å². The Morgan fingerprint density at radius 1 is 1.47 bits per heavy atom. The maximum Gasteiger partial charge on any atom is 0.260 e. The Bertz CT molecular complexity index is 455. The van der Waals surface area contributed by atoms with Gasteiger partial charge in [-0.3, -0.25) is 5.10 Å². The van der Waals surface area contributed by atoms with Crippen LogP contribution >= 0.6 is 0 Å². The number of aromatic nitrogens is 2. The molecule has 0 amide bonds. The Hall–Kier alpha value is -0.960. The van der Waals surface area contributed by atoms with Crippen LogP contribution in [0.5, 0.6) is 0 Å². The van der Waals surface area contributed by atoms with E-state index in [9.17, 15) is 8.42 Å². The summed E-state index contributed by atoms with van der Waals surface area (Å²) >= 11 is 0. The summed E-state index contributed by atoms with van der Waals surface area (Å²) in [7, 11) is -0.312. The Kier molecular flexibility index (Phi) is 5.06. The molecule has 0 aliphatic rings. The number of rotatable bonds is 7. The quantitative estimate of drug-likeness (QED) is 0.568. The number of methoxy groups -OCH3 is 1. The minimum Gasteiger partial charge on any atom is -0.383 e. The lowest BCUT2D eigenvalue weighted by Crippen LogP contribution is -2.28. The van der Waals surface area contributed by atoms with E-state index < -0.39 is 10.0 Å². The van der Waals surface area contributed by atoms with Gasteiger partial charge in [0.25, 0.3) is 10.0 Å². The Balaban J connectivity index is 2.90. The summed E-state index contributed by atoms with van der Waals surface area (Å²) in [5.41, 5.74) is 1.39. The molecule has 1 rings (SSSR count). The number of nitrogens with one attached hydrogen (secondary N) is 3. The summed E-state index contributed by atoms with van der Waals surface area (Å²) in [6.07, 6.45) is 0. The maximum atomic E-state index is 11.9. The molecule has 0 saturated heterocycles. The van der Waals surface area contributed by atoms with E-state index in [1.807, 2.05) is 0 Å². The molecule has 1 aromatic heterocycles. The van der Waals surface area contributed by atoms with Gasteiger partial charge in [-0.2, -0.15) is 5.10 Å². The van der Waals surface area contributed by atoms with Crippen molar-refractivity contribution in [3.05, 3.63) is 11.3 Å². The molecule has 1 aromatic rings. The van der Waals surface area contributed by atoms with Gasteiger partial charge in [-0.1, -0.05) is 0 Å². The van der Waals surface area contributed by atoms with Crippen molar-refractivity contribution < 1.29 is 13.2 Å². The zero-order valence-corrected chi connectivity index (χ0v) is 11.0. The Labute approximate surface area is 101 Å². The third-order valence-corrected chi connectivity index (χ3v) is 3.67. The molecule has 3 N–H and O–H groups in total. The van der Waals surface area contributed by atoms with Crippen molar-refractivity contribution in [1.82, 2.24) is 20.2 Å². The number of ether oxygens (including phenoxy) is 1. The molecule has 7 nitrogen and oxygen atoms in total. The molecule has 0 aliphatic carbocycles. The largest absolute Gasteiger partial charge is 0.383 e. The van der Waals surface area contributed by atoms with Crippen molar-refractivity contribution in [3.8, 4) is 0 Å². The molecule has 0 saturated carbocycles. The van der Waals surface area contributed by atoms with E-state index in [1.165, 1.54) is 7.11 Å². The molecular formula is C9H18N4O3S. The lowest BCUT2D eigenvalue weighted by Gasteiger charge is -2.06. The molecule has 0 bridgehead atoms. The van der Waals surface area contributed by atoms with Crippen LogP contribution in [0, 0.1) is 6.92 Å². The van der Waals surface area contributed by atoms with Crippen molar-refractivity contribution >= 4 is 10.0 Å². The Morgan fingerprint density at radius 2 is 2.18 bits per heavy atom. The smallest absolute Gasteiger partial charge is 0.260 e. The SMILES string of the molecule is CNCc1c(S(=O)(=O)NCCOC)n[nH]c1C. The zero-order chi connectivity index (χ0) is 12.9. The summed E-state index contributed by atoms with van der Waals surface area (Å²) in [6, 6.07) is 0. The molecule has 98 valence electrons. The molecule has 1 heterocycles. The van der Waals surface area contributed by atoms with Crippen molar-refractivity contribution in [2.45, 2.75) is 18.5 Å². The number of hydrogen-bond donors (Lipinski definition) is 3. The van der Waals surface area contributed by atoms with Crippen LogP contribution in [0.15, 0.2) is 5.03 Å². The fourth-order valence-corrected chi connectivity index (χ4v) is 2.59. The van der Waals surface area contributed by atoms with Crippen molar-refractivity contribution in [3.63, 3.8) is 0 Å². The van der Waals surface area contributed by atoms with Gasteiger partial charge in [0.2, 0.25) is 0 Å². The Morgan fingerprint density at radius 3 is 2.76 bits per heavy atom. The number of sulfonamides is 1. The van der Waals surface area contributed by atoms with E-state index in [-0.39, 0.29) is 11.6 Å². The summed E-state index contributed by atoms with van der Waals surface area (Å²) in [6.45, 7) is 2.78. The molecule has 0 aliphatic heterocycles. The van der Waals surface area contributed by atoms with Gasteiger partial charge in [0, 0.05) is 31.5 Å². The van der Waals surface area contributed by atoms with Crippen LogP contribution in [-0.2, 0) is 21.3 Å². The molecule has 0 atom stereocenters. The molecule has 0 unspecified atom stereocenters. The highest BCUT2D eigenvalue weighted by Gasteiger charge is 2.22. The van der Waals surface area contributed by atoms with E-state index >= 15 is 0 Å². The minimum absolute atomic E-state index is 0.0421. The van der Waals surface area contributed by atoms with Gasteiger partial charge in [0.05, 0.1) is 6.61 Å². The predicted molar refractivity (Wildman–Crippen MR) is 63.2 cm³/mol. The third kappa shape index (κ3) is 3.50. The summed E-state index contributed by atoms with van der Waals surface area (Å²) in [5.74, 6) is 0. The molecule has 0 aromatic carbocycles. The number of hydrogen-bond acceptors (Lipinski definition) is 5. The van der Waals surface area contributed by atoms with Crippen LogP contribution in [0.3, 0.4) is 0 Å². The summed E-state index contributed by atoms with van der Waals surface area (Å²) in [5, 5.41) is 9.46. The van der Waals surface area contributed by atoms with E-state index in [4.69, 9.17) is 4.74 Å². The third-order valence-electron chi connectivity index (χ3n) is 2.24. The van der Waals surface area contributed by atoms with Crippen LogP contribution in [0.4, 0.5) is 0 Å². The number of aromatic amines is 1. The molecule has 8 heteroatoms. The maximum absolute atomic E-state index is 11.9. The van der Waals surface area contributed by atoms with Gasteiger partial charge in [-0.15, -0.1) is 0 Å². The van der Waals surface area contributed by atoms with Gasteiger partial charge in [-0.05, 0) is 14.0 Å². The summed E-state index contributed by atoms with van der Waals surface area (Å²) < 4.78 is 31.1. The lowest BCUT2D eigenvalue weighted by molar-refractivity contribution is 0.204. The fourth-order valence-electron chi connectivity index (χ4n) is 1.38. The van der Waals surface area contributed by atoms with Gasteiger partial charge in [0.15, 0.2) is 5.03 Å². The molecule has 0 spiro atoms. The first-order valence-electron chi connectivity index (χ1n) is 5.20. The average Bonchev–Trinajstić information content (AvgIpc) is 2.62. The van der Waals surface area contributed by atoms with Crippen LogP contribution in [0.25, 0.3) is 0 Å². The standard InChI is InChI=1S/C9H18N4O3S/c1-7-8(6-10-2)9(13-12-7)17(14,15)11-4-5-16-3/h10-11H,4-6H2,1-3H3,(H,12,13). The van der Waals surface area contributed by atoms with Crippen molar-refractivity contribution in [2.75, 3.05) is 27.3 Å². The first-order valence-corrected chi connectivity index (χ1v) is 6.68. The van der Waals surface area contributed by atoms with E-state index in [0.717, 1.165) is 5.69 Å². The highest BCUT2D eigenvalue weighted by Crippen LogP contribution is 2.15. The van der Waals surface area contributed by atoms with E-state index in [2.05, 4.69) is 20.2 Å². The van der Waals surface area contributed by atoms with Gasteiger partial charge < -0.3 is 10.1 Å². The van der Waals surface area contributed by atoms with Gasteiger partial charge >= 0.3 is 0 Å². The number of nitrogens with zero attached hydrogens (tertiary/aromatic N) is 1. The lowest BCUT2D eigenvalue weighted by atomic mass is 10.3. The van der Waals surface area contributed by atoms with Gasteiger partial charge in [-0.25, -0.2) is 13.1 Å². The summed E-state index contributed by atoms with van der Waals surface area (Å²) in [4.78, 5) is 0. The predicted octanol–water partition coefficient (Wildman–Crippen LogP) is -0.638. The highest BCUT2D eigenvalue weighted by molar-refractivity contribution is 7.89. The van der Waals surface area contributed by atoms with Crippen molar-refractivity contribution in [1.29, 1.82) is 0 Å². The molecule has 0 fully saturated rings. The highest BCUT2D eigenvalue weighted by atomic mass is 32.2. The molecule has 17 heavy (non-hydrogen) atoms. The van der Waals surface area contributed by atoms with Crippen LogP contribution in [0.2, 0.25) is 0 Å². The fraction of sp³-hybridized carbons (Fsp3) is 0.667. The molecular weight excluding hydrogens is 244 g/mol. The second-order valence-corrected chi connectivity index (χ2v) is 5.24. The van der Waals surface area contributed by atoms with Crippen molar-refractivity contribution in [2.24, 2.45) is 0 Å². The average molecular weight is 262 g/mol.